The molecule has 2 aliphatic rings. The van der Waals surface area contributed by atoms with Crippen LogP contribution in [0.5, 0.6) is 17.2 Å². The van der Waals surface area contributed by atoms with Crippen LogP contribution in [0.1, 0.15) is 79.9 Å². The lowest BCUT2D eigenvalue weighted by Gasteiger charge is -2.34. The van der Waals surface area contributed by atoms with E-state index in [2.05, 4.69) is 53.4 Å². The van der Waals surface area contributed by atoms with Crippen LogP contribution in [0.25, 0.3) is 0 Å². The average Bonchev–Trinajstić information content (AvgIpc) is 3.46. The molecule has 2 atom stereocenters. The Morgan fingerprint density at radius 1 is 0.784 bits per heavy atom. The maximum atomic E-state index is 10.2. The first kappa shape index (κ1) is 25.7. The van der Waals surface area contributed by atoms with E-state index in [1.165, 1.54) is 75.7 Å². The molecule has 3 aromatic rings. The summed E-state index contributed by atoms with van der Waals surface area (Å²) in [5.74, 6) is 2.34. The summed E-state index contributed by atoms with van der Waals surface area (Å²) in [5.41, 5.74) is 3.50. The Hall–Kier alpha value is -2.98. The fourth-order valence-corrected chi connectivity index (χ4v) is 5.92. The molecule has 0 radical (unpaired) electrons. The summed E-state index contributed by atoms with van der Waals surface area (Å²) in [6, 6.07) is 24.5. The molecule has 3 aromatic carbocycles. The van der Waals surface area contributed by atoms with Crippen molar-refractivity contribution in [3.05, 3.63) is 89.5 Å². The third-order valence-electron chi connectivity index (χ3n) is 7.95. The van der Waals surface area contributed by atoms with Crippen LogP contribution in [-0.2, 0) is 0 Å². The van der Waals surface area contributed by atoms with Gasteiger partial charge in [-0.25, -0.2) is 0 Å². The van der Waals surface area contributed by atoms with Gasteiger partial charge in [0.05, 0.1) is 13.2 Å². The number of phenols is 1. The van der Waals surface area contributed by atoms with Gasteiger partial charge in [-0.05, 0) is 86.8 Å². The van der Waals surface area contributed by atoms with Gasteiger partial charge in [-0.1, -0.05) is 68.1 Å². The van der Waals surface area contributed by atoms with Crippen molar-refractivity contribution in [2.75, 3.05) is 32.8 Å². The minimum absolute atomic E-state index is 0.109. The van der Waals surface area contributed by atoms with Crippen molar-refractivity contribution in [1.29, 1.82) is 0 Å². The lowest BCUT2D eigenvalue weighted by atomic mass is 9.76. The van der Waals surface area contributed by atoms with Crippen molar-refractivity contribution < 1.29 is 14.6 Å². The number of phenolic OH excluding ortho intramolecular Hbond substituents is 1. The van der Waals surface area contributed by atoms with Crippen LogP contribution < -0.4 is 9.47 Å². The molecule has 0 saturated carbocycles. The zero-order valence-electron chi connectivity index (χ0n) is 22.0. The van der Waals surface area contributed by atoms with Crippen LogP contribution in [0.4, 0.5) is 0 Å². The predicted molar refractivity (Wildman–Crippen MR) is 150 cm³/mol. The number of hydrogen-bond donors (Lipinski definition) is 1. The van der Waals surface area contributed by atoms with E-state index in [9.17, 15) is 5.11 Å². The number of benzene rings is 3. The van der Waals surface area contributed by atoms with Crippen molar-refractivity contribution >= 4 is 0 Å². The Morgan fingerprint density at radius 3 is 2.30 bits per heavy atom. The van der Waals surface area contributed by atoms with Gasteiger partial charge in [0.25, 0.3) is 0 Å². The van der Waals surface area contributed by atoms with Gasteiger partial charge < -0.3 is 19.5 Å². The highest BCUT2D eigenvalue weighted by molar-refractivity contribution is 5.51. The number of fused-ring (bicyclic) bond motifs is 1. The molecule has 0 aromatic heterocycles. The van der Waals surface area contributed by atoms with E-state index in [0.717, 1.165) is 30.1 Å². The van der Waals surface area contributed by atoms with Gasteiger partial charge >= 0.3 is 0 Å². The second-order valence-corrected chi connectivity index (χ2v) is 10.6. The smallest absolute Gasteiger partial charge is 0.123 e. The zero-order chi connectivity index (χ0) is 25.3. The molecule has 196 valence electrons. The molecule has 0 bridgehead atoms. The number of unbranched alkanes of at least 4 members (excludes halogenated alkanes) is 5. The van der Waals surface area contributed by atoms with E-state index in [0.29, 0.717) is 6.61 Å². The van der Waals surface area contributed by atoms with Gasteiger partial charge in [-0.3, -0.25) is 0 Å². The van der Waals surface area contributed by atoms with Crippen LogP contribution in [0, 0.1) is 0 Å². The summed E-state index contributed by atoms with van der Waals surface area (Å²) in [5, 5.41) is 10.2. The molecule has 4 nitrogen and oxygen atoms in total. The van der Waals surface area contributed by atoms with Crippen LogP contribution in [0.15, 0.2) is 72.8 Å². The highest BCUT2D eigenvalue weighted by atomic mass is 16.5. The molecule has 1 N–H and O–H groups in total. The van der Waals surface area contributed by atoms with E-state index < -0.39 is 0 Å². The van der Waals surface area contributed by atoms with Crippen molar-refractivity contribution in [3.8, 4) is 17.2 Å². The van der Waals surface area contributed by atoms with E-state index in [-0.39, 0.29) is 17.6 Å². The zero-order valence-corrected chi connectivity index (χ0v) is 22.0. The summed E-state index contributed by atoms with van der Waals surface area (Å²) >= 11 is 0. The lowest BCUT2D eigenvalue weighted by Crippen LogP contribution is -2.25. The Labute approximate surface area is 222 Å². The quantitative estimate of drug-likeness (QED) is 0.262. The molecule has 5 rings (SSSR count). The first-order valence-electron chi connectivity index (χ1n) is 14.2. The van der Waals surface area contributed by atoms with Gasteiger partial charge in [0.2, 0.25) is 0 Å². The maximum Gasteiger partial charge on any atom is 0.123 e. The molecule has 4 heteroatoms. The van der Waals surface area contributed by atoms with Crippen molar-refractivity contribution in [2.45, 2.75) is 63.2 Å². The molecule has 2 aliphatic heterocycles. The van der Waals surface area contributed by atoms with Crippen LogP contribution in [0.3, 0.4) is 0 Å². The molecule has 0 aliphatic carbocycles. The Kier molecular flexibility index (Phi) is 9.02. The number of ether oxygens (including phenoxy) is 2. The van der Waals surface area contributed by atoms with Gasteiger partial charge in [0.15, 0.2) is 0 Å². The minimum atomic E-state index is 0.109. The highest BCUT2D eigenvalue weighted by Gasteiger charge is 2.33. The summed E-state index contributed by atoms with van der Waals surface area (Å²) < 4.78 is 12.2. The lowest BCUT2D eigenvalue weighted by molar-refractivity contribution is 0.248. The maximum absolute atomic E-state index is 10.2. The molecular weight excluding hydrogens is 458 g/mol. The summed E-state index contributed by atoms with van der Waals surface area (Å²) in [6.45, 7) is 5.32. The Bertz CT molecular complexity index is 1090. The predicted octanol–water partition coefficient (Wildman–Crippen LogP) is 7.52. The topological polar surface area (TPSA) is 41.9 Å². The van der Waals surface area contributed by atoms with Gasteiger partial charge in [-0.15, -0.1) is 0 Å². The standard InChI is InChI=1S/C33H41NO3/c35-28-16-19-32-30(24-28)33(31(25-37-32)26-12-6-5-7-13-26)27-14-17-29(18-15-27)36-23-11-4-2-1-3-8-20-34-21-9-10-22-34/h5-7,12-19,24,31,33,35H,1-4,8-11,20-23,25H2/t31-,33+/m1/s1. The monoisotopic (exact) mass is 499 g/mol. The molecule has 1 saturated heterocycles. The van der Waals surface area contributed by atoms with E-state index in [4.69, 9.17) is 9.47 Å². The normalized spacial score (nSPS) is 19.4. The first-order chi connectivity index (χ1) is 18.3. The van der Waals surface area contributed by atoms with Crippen LogP contribution >= 0.6 is 0 Å². The average molecular weight is 500 g/mol. The van der Waals surface area contributed by atoms with Gasteiger partial charge in [0.1, 0.15) is 17.2 Å². The van der Waals surface area contributed by atoms with Gasteiger partial charge in [0, 0.05) is 17.4 Å². The van der Waals surface area contributed by atoms with Gasteiger partial charge in [-0.2, -0.15) is 0 Å². The Balaban J connectivity index is 1.12. The van der Waals surface area contributed by atoms with E-state index >= 15 is 0 Å². The first-order valence-corrected chi connectivity index (χ1v) is 14.2. The summed E-state index contributed by atoms with van der Waals surface area (Å²) in [4.78, 5) is 2.62. The largest absolute Gasteiger partial charge is 0.508 e. The number of rotatable bonds is 12. The number of likely N-dealkylation sites (tertiary alicyclic amines) is 1. The fraction of sp³-hybridized carbons (Fsp3) is 0.455. The van der Waals surface area contributed by atoms with Crippen LogP contribution in [-0.4, -0.2) is 42.9 Å². The summed E-state index contributed by atoms with van der Waals surface area (Å²) in [6.07, 6.45) is 10.5. The van der Waals surface area contributed by atoms with Crippen LogP contribution in [0.2, 0.25) is 0 Å². The third-order valence-corrected chi connectivity index (χ3v) is 7.95. The van der Waals surface area contributed by atoms with Crippen molar-refractivity contribution in [2.24, 2.45) is 0 Å². The summed E-state index contributed by atoms with van der Waals surface area (Å²) in [7, 11) is 0. The number of nitrogens with zero attached hydrogens (tertiary/aromatic N) is 1. The second-order valence-electron chi connectivity index (χ2n) is 10.6. The third kappa shape index (κ3) is 6.87. The molecular formula is C33H41NO3. The van der Waals surface area contributed by atoms with Crippen molar-refractivity contribution in [1.82, 2.24) is 4.90 Å². The SMILES string of the molecule is Oc1ccc2c(c1)[C@H](c1ccc(OCCCCCCCCN3CCCC3)cc1)[C@@H](c1ccccc1)CO2. The number of hydrogen-bond acceptors (Lipinski definition) is 4. The minimum Gasteiger partial charge on any atom is -0.508 e. The Morgan fingerprint density at radius 2 is 1.51 bits per heavy atom. The molecule has 0 spiro atoms. The molecule has 0 amide bonds. The number of aromatic hydroxyl groups is 1. The second kappa shape index (κ2) is 13.0. The molecule has 0 unspecified atom stereocenters. The van der Waals surface area contributed by atoms with E-state index in [1.54, 1.807) is 6.07 Å². The van der Waals surface area contributed by atoms with Crippen molar-refractivity contribution in [3.63, 3.8) is 0 Å². The van der Waals surface area contributed by atoms with E-state index in [1.807, 2.05) is 18.2 Å². The molecule has 37 heavy (non-hydrogen) atoms. The molecule has 1 fully saturated rings. The fourth-order valence-electron chi connectivity index (χ4n) is 5.92. The molecule has 2 heterocycles. The highest BCUT2D eigenvalue weighted by Crippen LogP contribution is 2.47.